The first-order valence-electron chi connectivity index (χ1n) is 7.84. The summed E-state index contributed by atoms with van der Waals surface area (Å²) in [6.45, 7) is 1.70. The molecule has 0 heterocycles. The number of nitrogens with zero attached hydrogens (tertiary/aromatic N) is 1. The molecule has 2 aromatic rings. The van der Waals surface area contributed by atoms with E-state index in [-0.39, 0.29) is 17.9 Å². The number of benzene rings is 2. The van der Waals surface area contributed by atoms with Gasteiger partial charge in [0.25, 0.3) is 5.91 Å². The van der Waals surface area contributed by atoms with E-state index < -0.39 is 17.8 Å². The fraction of sp³-hybridized carbons (Fsp3) is 0.158. The Morgan fingerprint density at radius 3 is 2.63 bits per heavy atom. The number of carbonyl (C=O) groups is 1. The Morgan fingerprint density at radius 1 is 1.30 bits per heavy atom. The summed E-state index contributed by atoms with van der Waals surface area (Å²) < 4.78 is 24.8. The van der Waals surface area contributed by atoms with Gasteiger partial charge in [-0.2, -0.15) is 5.26 Å². The van der Waals surface area contributed by atoms with Crippen molar-refractivity contribution < 1.29 is 23.5 Å². The molecule has 0 aliphatic rings. The highest BCUT2D eigenvalue weighted by Gasteiger charge is 2.14. The van der Waals surface area contributed by atoms with E-state index >= 15 is 0 Å². The number of hydrogen-bond acceptors (Lipinski definition) is 5. The van der Waals surface area contributed by atoms with Crippen LogP contribution in [0.15, 0.2) is 54.1 Å². The SMILES string of the molecule is C[C@@H](Oc1ccc(Oc2ccc(C#N)cc2F)cc1)C(=O)NOC/C=C/Cl. The second-order valence-corrected chi connectivity index (χ2v) is 5.48. The van der Waals surface area contributed by atoms with Crippen LogP contribution in [0.3, 0.4) is 0 Å². The molecule has 1 atom stereocenters. The maximum atomic E-state index is 13.8. The van der Waals surface area contributed by atoms with Crippen molar-refractivity contribution in [3.63, 3.8) is 0 Å². The lowest BCUT2D eigenvalue weighted by molar-refractivity contribution is -0.139. The Bertz CT molecular complexity index is 850. The minimum absolute atomic E-state index is 0.00133. The molecule has 1 amide bonds. The zero-order chi connectivity index (χ0) is 19.6. The average Bonchev–Trinajstić information content (AvgIpc) is 2.68. The van der Waals surface area contributed by atoms with Crippen molar-refractivity contribution >= 4 is 17.5 Å². The van der Waals surface area contributed by atoms with Crippen LogP contribution in [0.25, 0.3) is 0 Å². The monoisotopic (exact) mass is 390 g/mol. The van der Waals surface area contributed by atoms with Crippen LogP contribution < -0.4 is 15.0 Å². The van der Waals surface area contributed by atoms with E-state index in [4.69, 9.17) is 31.2 Å². The number of nitrogens with one attached hydrogen (secondary N) is 1. The predicted molar refractivity (Wildman–Crippen MR) is 96.8 cm³/mol. The Morgan fingerprint density at radius 2 is 2.00 bits per heavy atom. The Kier molecular flexibility index (Phi) is 7.62. The van der Waals surface area contributed by atoms with E-state index in [1.165, 1.54) is 23.7 Å². The van der Waals surface area contributed by atoms with Crippen LogP contribution in [-0.2, 0) is 9.63 Å². The lowest BCUT2D eigenvalue weighted by Crippen LogP contribution is -2.36. The fourth-order valence-electron chi connectivity index (χ4n) is 1.90. The van der Waals surface area contributed by atoms with Gasteiger partial charge in [-0.15, -0.1) is 0 Å². The molecule has 140 valence electrons. The van der Waals surface area contributed by atoms with E-state index in [1.54, 1.807) is 31.2 Å². The highest BCUT2D eigenvalue weighted by molar-refractivity contribution is 6.25. The summed E-state index contributed by atoms with van der Waals surface area (Å²) in [4.78, 5) is 16.7. The van der Waals surface area contributed by atoms with Gasteiger partial charge in [0.2, 0.25) is 0 Å². The summed E-state index contributed by atoms with van der Waals surface area (Å²) in [5.41, 5.74) is 3.72. The van der Waals surface area contributed by atoms with Crippen LogP contribution in [-0.4, -0.2) is 18.6 Å². The first-order chi connectivity index (χ1) is 13.0. The van der Waals surface area contributed by atoms with Gasteiger partial charge >= 0.3 is 0 Å². The predicted octanol–water partition coefficient (Wildman–Crippen LogP) is 4.06. The summed E-state index contributed by atoms with van der Waals surface area (Å²) in [5.74, 6) is -0.301. The standard InChI is InChI=1S/C19H16ClFN2O4/c1-13(19(24)23-25-10-2-9-20)26-15-4-6-16(7-5-15)27-18-8-3-14(12-22)11-17(18)21/h2-9,11,13H,10H2,1H3,(H,23,24)/b9-2+/t13-/m1/s1. The number of hydroxylamine groups is 1. The number of halogens is 2. The van der Waals surface area contributed by atoms with Crippen LogP contribution in [0.4, 0.5) is 4.39 Å². The molecule has 0 saturated carbocycles. The van der Waals surface area contributed by atoms with Crippen molar-refractivity contribution in [1.82, 2.24) is 5.48 Å². The Labute approximate surface area is 160 Å². The van der Waals surface area contributed by atoms with Gasteiger partial charge in [0.15, 0.2) is 17.7 Å². The minimum Gasteiger partial charge on any atom is -0.481 e. The van der Waals surface area contributed by atoms with Crippen molar-refractivity contribution in [2.24, 2.45) is 0 Å². The molecular weight excluding hydrogens is 375 g/mol. The van der Waals surface area contributed by atoms with E-state index in [9.17, 15) is 9.18 Å². The van der Waals surface area contributed by atoms with Crippen LogP contribution in [0.1, 0.15) is 12.5 Å². The zero-order valence-electron chi connectivity index (χ0n) is 14.3. The van der Waals surface area contributed by atoms with Crippen molar-refractivity contribution in [2.45, 2.75) is 13.0 Å². The van der Waals surface area contributed by atoms with Gasteiger partial charge in [-0.3, -0.25) is 9.63 Å². The molecule has 0 unspecified atom stereocenters. The largest absolute Gasteiger partial charge is 0.481 e. The van der Waals surface area contributed by atoms with Gasteiger partial charge in [-0.25, -0.2) is 9.87 Å². The highest BCUT2D eigenvalue weighted by atomic mass is 35.5. The van der Waals surface area contributed by atoms with E-state index in [0.29, 0.717) is 11.5 Å². The molecule has 0 radical (unpaired) electrons. The quantitative estimate of drug-likeness (QED) is 0.543. The Hall–Kier alpha value is -3.08. The maximum absolute atomic E-state index is 13.8. The summed E-state index contributed by atoms with van der Waals surface area (Å²) in [5, 5.41) is 8.74. The molecule has 6 nitrogen and oxygen atoms in total. The second-order valence-electron chi connectivity index (χ2n) is 5.23. The molecular formula is C19H16ClFN2O4. The van der Waals surface area contributed by atoms with Gasteiger partial charge < -0.3 is 9.47 Å². The molecule has 27 heavy (non-hydrogen) atoms. The highest BCUT2D eigenvalue weighted by Crippen LogP contribution is 2.27. The summed E-state index contributed by atoms with van der Waals surface area (Å²) in [6.07, 6.45) is 0.718. The number of rotatable bonds is 8. The number of nitriles is 1. The van der Waals surface area contributed by atoms with E-state index in [2.05, 4.69) is 5.48 Å². The summed E-state index contributed by atoms with van der Waals surface area (Å²) in [7, 11) is 0. The molecule has 0 aliphatic heterocycles. The minimum atomic E-state index is -0.798. The summed E-state index contributed by atoms with van der Waals surface area (Å²) in [6, 6.07) is 12.1. The third kappa shape index (κ3) is 6.29. The van der Waals surface area contributed by atoms with Gasteiger partial charge in [0, 0.05) is 5.54 Å². The molecule has 0 fully saturated rings. The first kappa shape index (κ1) is 20.2. The first-order valence-corrected chi connectivity index (χ1v) is 8.28. The van der Waals surface area contributed by atoms with Gasteiger partial charge in [0.05, 0.1) is 18.2 Å². The normalized spacial score (nSPS) is 11.6. The fourth-order valence-corrected chi connectivity index (χ4v) is 1.98. The van der Waals surface area contributed by atoms with Gasteiger partial charge in [0.1, 0.15) is 11.5 Å². The lowest BCUT2D eigenvalue weighted by atomic mass is 10.2. The topological polar surface area (TPSA) is 80.6 Å². The number of hydrogen-bond donors (Lipinski definition) is 1. The third-order valence-corrected chi connectivity index (χ3v) is 3.41. The number of ether oxygens (including phenoxy) is 2. The smallest absolute Gasteiger partial charge is 0.284 e. The molecule has 2 rings (SSSR count). The zero-order valence-corrected chi connectivity index (χ0v) is 15.1. The van der Waals surface area contributed by atoms with Gasteiger partial charge in [-0.1, -0.05) is 11.6 Å². The molecule has 0 spiro atoms. The molecule has 0 aromatic heterocycles. The maximum Gasteiger partial charge on any atom is 0.284 e. The van der Waals surface area contributed by atoms with Crippen molar-refractivity contribution in [3.05, 3.63) is 65.5 Å². The van der Waals surface area contributed by atoms with Crippen LogP contribution in [0.5, 0.6) is 17.2 Å². The molecule has 0 saturated heterocycles. The molecule has 1 N–H and O–H groups in total. The molecule has 2 aromatic carbocycles. The second kappa shape index (κ2) is 10.2. The van der Waals surface area contributed by atoms with E-state index in [0.717, 1.165) is 6.07 Å². The van der Waals surface area contributed by atoms with Crippen LogP contribution in [0.2, 0.25) is 0 Å². The molecule has 0 aliphatic carbocycles. The Balaban J connectivity index is 1.91. The molecule has 8 heteroatoms. The number of amides is 1. The number of carbonyl (C=O) groups excluding carboxylic acids is 1. The summed E-state index contributed by atoms with van der Waals surface area (Å²) >= 11 is 5.33. The van der Waals surface area contributed by atoms with Crippen LogP contribution in [0, 0.1) is 17.1 Å². The van der Waals surface area contributed by atoms with Crippen LogP contribution >= 0.6 is 11.6 Å². The van der Waals surface area contributed by atoms with Crippen molar-refractivity contribution in [3.8, 4) is 23.3 Å². The average molecular weight is 391 g/mol. The van der Waals surface area contributed by atoms with Crippen molar-refractivity contribution in [2.75, 3.05) is 6.61 Å². The lowest BCUT2D eigenvalue weighted by Gasteiger charge is -2.14. The van der Waals surface area contributed by atoms with Gasteiger partial charge in [-0.05, 0) is 55.5 Å². The van der Waals surface area contributed by atoms with E-state index in [1.807, 2.05) is 6.07 Å². The van der Waals surface area contributed by atoms with Crippen molar-refractivity contribution in [1.29, 1.82) is 5.26 Å². The third-order valence-electron chi connectivity index (χ3n) is 3.24. The molecule has 0 bridgehead atoms.